The smallest absolute Gasteiger partial charge is 0.308 e. The molecular formula is C13H17N3O2S. The van der Waals surface area contributed by atoms with E-state index in [1.807, 2.05) is 18.3 Å². The first-order chi connectivity index (χ1) is 9.24. The molecule has 0 aliphatic carbocycles. The molecule has 6 heteroatoms. The number of aromatic nitrogens is 2. The molecule has 0 amide bonds. The van der Waals surface area contributed by atoms with Gasteiger partial charge in [-0.2, -0.15) is 0 Å². The second-order valence-electron chi connectivity index (χ2n) is 4.25. The molecule has 0 bridgehead atoms. The monoisotopic (exact) mass is 279 g/mol. The molecule has 0 aliphatic heterocycles. The average Bonchev–Trinajstić information content (AvgIpc) is 3.00. The Bertz CT molecular complexity index is 508. The molecule has 2 heterocycles. The van der Waals surface area contributed by atoms with E-state index in [1.165, 1.54) is 4.88 Å². The lowest BCUT2D eigenvalue weighted by Crippen LogP contribution is -2.14. The lowest BCUT2D eigenvalue weighted by molar-refractivity contribution is -0.136. The van der Waals surface area contributed by atoms with Crippen molar-refractivity contribution in [2.24, 2.45) is 0 Å². The Morgan fingerprint density at radius 3 is 3.00 bits per heavy atom. The van der Waals surface area contributed by atoms with Gasteiger partial charge in [-0.3, -0.25) is 4.79 Å². The highest BCUT2D eigenvalue weighted by Crippen LogP contribution is 2.16. The summed E-state index contributed by atoms with van der Waals surface area (Å²) in [5.74, 6) is 0.237. The van der Waals surface area contributed by atoms with Crippen molar-refractivity contribution in [1.29, 1.82) is 0 Å². The van der Waals surface area contributed by atoms with Crippen molar-refractivity contribution in [2.45, 2.75) is 25.8 Å². The topological polar surface area (TPSA) is 78.0 Å². The van der Waals surface area contributed by atoms with Gasteiger partial charge in [-0.1, -0.05) is 0 Å². The highest BCUT2D eigenvalue weighted by atomic mass is 32.1. The Balaban J connectivity index is 1.62. The number of carbonyl (C=O) groups is 1. The van der Waals surface area contributed by atoms with Crippen LogP contribution in [0.1, 0.15) is 22.0 Å². The van der Waals surface area contributed by atoms with Crippen LogP contribution >= 0.6 is 11.3 Å². The van der Waals surface area contributed by atoms with E-state index < -0.39 is 5.97 Å². The maximum atomic E-state index is 10.6. The first-order valence-electron chi connectivity index (χ1n) is 6.22. The van der Waals surface area contributed by atoms with Crippen molar-refractivity contribution < 1.29 is 9.90 Å². The Kier molecular flexibility index (Phi) is 5.11. The summed E-state index contributed by atoms with van der Waals surface area (Å²) in [6, 6.07) is 3.88. The molecule has 0 aromatic carbocycles. The van der Waals surface area contributed by atoms with Gasteiger partial charge in [0.05, 0.1) is 6.42 Å². The van der Waals surface area contributed by atoms with Crippen molar-refractivity contribution in [3.8, 4) is 0 Å². The second kappa shape index (κ2) is 7.06. The summed E-state index contributed by atoms with van der Waals surface area (Å²) in [5, 5.41) is 12.0. The predicted molar refractivity (Wildman–Crippen MR) is 74.3 cm³/mol. The number of H-pyrrole nitrogens is 1. The number of hydrogen-bond donors (Lipinski definition) is 3. The highest BCUT2D eigenvalue weighted by molar-refractivity contribution is 7.12. The zero-order chi connectivity index (χ0) is 13.5. The third-order valence-electron chi connectivity index (χ3n) is 2.66. The summed E-state index contributed by atoms with van der Waals surface area (Å²) in [6.45, 7) is 1.72. The van der Waals surface area contributed by atoms with Gasteiger partial charge in [-0.15, -0.1) is 11.3 Å². The maximum absolute atomic E-state index is 10.6. The SMILES string of the molecule is O=C(O)Cc1ccc(CNCCCc2ncc[nH]2)s1. The lowest BCUT2D eigenvalue weighted by atomic mass is 10.3. The minimum atomic E-state index is -0.778. The number of imidazole rings is 1. The molecule has 2 aromatic heterocycles. The molecule has 3 N–H and O–H groups in total. The summed E-state index contributed by atoms with van der Waals surface area (Å²) in [6.07, 6.45) is 5.68. The number of rotatable bonds is 8. The zero-order valence-corrected chi connectivity index (χ0v) is 11.4. The van der Waals surface area contributed by atoms with Gasteiger partial charge in [-0.25, -0.2) is 4.98 Å². The lowest BCUT2D eigenvalue weighted by Gasteiger charge is -2.01. The Labute approximate surface area is 115 Å². The fourth-order valence-electron chi connectivity index (χ4n) is 1.79. The minimum absolute atomic E-state index is 0.114. The number of hydrogen-bond acceptors (Lipinski definition) is 4. The first kappa shape index (κ1) is 13.8. The second-order valence-corrected chi connectivity index (χ2v) is 5.51. The Morgan fingerprint density at radius 2 is 2.26 bits per heavy atom. The van der Waals surface area contributed by atoms with Crippen molar-refractivity contribution in [2.75, 3.05) is 6.54 Å². The quantitative estimate of drug-likeness (QED) is 0.644. The van der Waals surface area contributed by atoms with Gasteiger partial charge >= 0.3 is 5.97 Å². The Hall–Kier alpha value is -1.66. The van der Waals surface area contributed by atoms with Crippen LogP contribution in [0.4, 0.5) is 0 Å². The van der Waals surface area contributed by atoms with E-state index in [-0.39, 0.29) is 6.42 Å². The van der Waals surface area contributed by atoms with Gasteiger partial charge < -0.3 is 15.4 Å². The van der Waals surface area contributed by atoms with Crippen LogP contribution in [0.5, 0.6) is 0 Å². The van der Waals surface area contributed by atoms with Crippen molar-refractivity contribution in [1.82, 2.24) is 15.3 Å². The van der Waals surface area contributed by atoms with E-state index in [9.17, 15) is 4.79 Å². The molecule has 102 valence electrons. The number of aliphatic carboxylic acids is 1. The van der Waals surface area contributed by atoms with Gasteiger partial charge in [0.1, 0.15) is 5.82 Å². The molecule has 5 nitrogen and oxygen atoms in total. The van der Waals surface area contributed by atoms with Gasteiger partial charge in [0.15, 0.2) is 0 Å². The van der Waals surface area contributed by atoms with Gasteiger partial charge in [0.2, 0.25) is 0 Å². The molecule has 0 radical (unpaired) electrons. The van der Waals surface area contributed by atoms with E-state index in [0.717, 1.165) is 36.6 Å². The molecule has 0 fully saturated rings. The molecular weight excluding hydrogens is 262 g/mol. The van der Waals surface area contributed by atoms with Crippen LogP contribution < -0.4 is 5.32 Å². The van der Waals surface area contributed by atoms with Crippen LogP contribution in [0.2, 0.25) is 0 Å². The molecule has 0 saturated carbocycles. The highest BCUT2D eigenvalue weighted by Gasteiger charge is 2.04. The van der Waals surface area contributed by atoms with E-state index in [1.54, 1.807) is 17.5 Å². The van der Waals surface area contributed by atoms with E-state index in [0.29, 0.717) is 0 Å². The van der Waals surface area contributed by atoms with Crippen LogP contribution in [0, 0.1) is 0 Å². The Morgan fingerprint density at radius 1 is 1.42 bits per heavy atom. The number of thiophene rings is 1. The summed E-state index contributed by atoms with van der Waals surface area (Å²) >= 11 is 1.56. The van der Waals surface area contributed by atoms with Gasteiger partial charge in [0, 0.05) is 35.1 Å². The summed E-state index contributed by atoms with van der Waals surface area (Å²) in [4.78, 5) is 19.9. The maximum Gasteiger partial charge on any atom is 0.308 e. The largest absolute Gasteiger partial charge is 0.481 e. The normalized spacial score (nSPS) is 10.7. The predicted octanol–water partition coefficient (Wildman–Crippen LogP) is 1.82. The fourth-order valence-corrected chi connectivity index (χ4v) is 2.77. The first-order valence-corrected chi connectivity index (χ1v) is 7.04. The molecule has 0 atom stereocenters. The van der Waals surface area contributed by atoms with Crippen LogP contribution in [-0.4, -0.2) is 27.6 Å². The van der Waals surface area contributed by atoms with Crippen LogP contribution in [0.3, 0.4) is 0 Å². The van der Waals surface area contributed by atoms with Crippen molar-refractivity contribution in [3.63, 3.8) is 0 Å². The van der Waals surface area contributed by atoms with Crippen molar-refractivity contribution in [3.05, 3.63) is 40.1 Å². The zero-order valence-electron chi connectivity index (χ0n) is 10.6. The number of carboxylic acid groups (broad SMARTS) is 1. The van der Waals surface area contributed by atoms with Crippen LogP contribution in [0.25, 0.3) is 0 Å². The number of nitrogens with one attached hydrogen (secondary N) is 2. The fraction of sp³-hybridized carbons (Fsp3) is 0.385. The van der Waals surface area contributed by atoms with Crippen LogP contribution in [-0.2, 0) is 24.2 Å². The van der Waals surface area contributed by atoms with Gasteiger partial charge in [-0.05, 0) is 25.1 Å². The van der Waals surface area contributed by atoms with Crippen molar-refractivity contribution >= 4 is 17.3 Å². The number of carboxylic acids is 1. The van der Waals surface area contributed by atoms with E-state index >= 15 is 0 Å². The molecule has 2 aromatic rings. The van der Waals surface area contributed by atoms with E-state index in [2.05, 4.69) is 15.3 Å². The standard InChI is InChI=1S/C13H17N3O2S/c17-13(18)8-10-3-4-11(19-10)9-14-5-1-2-12-15-6-7-16-12/h3-4,6-7,14H,1-2,5,8-9H2,(H,15,16)(H,17,18). The molecule has 0 saturated heterocycles. The molecule has 0 unspecified atom stereocenters. The molecule has 0 spiro atoms. The number of aryl methyl sites for hydroxylation is 1. The van der Waals surface area contributed by atoms with Gasteiger partial charge in [0.25, 0.3) is 0 Å². The minimum Gasteiger partial charge on any atom is -0.481 e. The third-order valence-corrected chi connectivity index (χ3v) is 3.75. The number of nitrogens with zero attached hydrogens (tertiary/aromatic N) is 1. The average molecular weight is 279 g/mol. The number of aromatic amines is 1. The molecule has 19 heavy (non-hydrogen) atoms. The summed E-state index contributed by atoms with van der Waals surface area (Å²) in [7, 11) is 0. The van der Waals surface area contributed by atoms with Crippen LogP contribution in [0.15, 0.2) is 24.5 Å². The molecule has 2 rings (SSSR count). The molecule has 0 aliphatic rings. The summed E-state index contributed by atoms with van der Waals surface area (Å²) in [5.41, 5.74) is 0. The van der Waals surface area contributed by atoms with E-state index in [4.69, 9.17) is 5.11 Å². The summed E-state index contributed by atoms with van der Waals surface area (Å²) < 4.78 is 0. The third kappa shape index (κ3) is 4.84.